The van der Waals surface area contributed by atoms with Gasteiger partial charge in [0.2, 0.25) is 5.88 Å². The molecule has 4 aromatic rings. The zero-order valence-corrected chi connectivity index (χ0v) is 20.3. The molecule has 9 nitrogen and oxygen atoms in total. The van der Waals surface area contributed by atoms with Crippen LogP contribution in [0.15, 0.2) is 67.0 Å². The van der Waals surface area contributed by atoms with Crippen molar-refractivity contribution < 1.29 is 23.8 Å². The van der Waals surface area contributed by atoms with Gasteiger partial charge in [0.15, 0.2) is 11.5 Å². The molecule has 0 aliphatic heterocycles. The molecule has 0 aliphatic carbocycles. The molecule has 0 atom stereocenters. The monoisotopic (exact) mass is 506 g/mol. The number of ether oxygens (including phenoxy) is 3. The number of amides is 2. The van der Waals surface area contributed by atoms with E-state index in [1.165, 1.54) is 19.4 Å². The number of pyridine rings is 2. The Morgan fingerprint density at radius 3 is 2.47 bits per heavy atom. The second kappa shape index (κ2) is 11.4. The number of carbonyl (C=O) groups excluding carboxylic acids is 2. The third-order valence-electron chi connectivity index (χ3n) is 5.23. The Morgan fingerprint density at radius 1 is 0.944 bits per heavy atom. The smallest absolute Gasteiger partial charge is 0.313 e. The molecule has 0 saturated heterocycles. The van der Waals surface area contributed by atoms with E-state index in [9.17, 15) is 9.59 Å². The van der Waals surface area contributed by atoms with Crippen molar-refractivity contribution in [1.82, 2.24) is 15.3 Å². The summed E-state index contributed by atoms with van der Waals surface area (Å²) >= 11 is 6.35. The van der Waals surface area contributed by atoms with Crippen LogP contribution in [0.1, 0.15) is 5.56 Å². The Hall–Kier alpha value is -4.37. The van der Waals surface area contributed by atoms with Crippen molar-refractivity contribution in [2.24, 2.45) is 0 Å². The number of fused-ring (bicyclic) bond motifs is 1. The van der Waals surface area contributed by atoms with Crippen LogP contribution < -0.4 is 24.8 Å². The van der Waals surface area contributed by atoms with Crippen molar-refractivity contribution >= 4 is 40.0 Å². The van der Waals surface area contributed by atoms with Crippen LogP contribution >= 0.6 is 11.6 Å². The maximum absolute atomic E-state index is 12.2. The third kappa shape index (κ3) is 5.64. The van der Waals surface area contributed by atoms with Crippen LogP contribution in [0, 0.1) is 0 Å². The largest absolute Gasteiger partial charge is 0.493 e. The molecular weight excluding hydrogens is 484 g/mol. The summed E-state index contributed by atoms with van der Waals surface area (Å²) in [6.07, 6.45) is 3.53. The lowest BCUT2D eigenvalue weighted by Gasteiger charge is -2.13. The zero-order chi connectivity index (χ0) is 25.5. The highest BCUT2D eigenvalue weighted by Gasteiger charge is 2.17. The van der Waals surface area contributed by atoms with Crippen molar-refractivity contribution in [3.8, 4) is 23.1 Å². The van der Waals surface area contributed by atoms with Crippen LogP contribution in [-0.4, -0.2) is 42.5 Å². The van der Waals surface area contributed by atoms with Gasteiger partial charge in [-0.15, -0.1) is 0 Å². The molecule has 0 bridgehead atoms. The molecule has 2 aromatic heterocycles. The maximum Gasteiger partial charge on any atom is 0.313 e. The first-order chi connectivity index (χ1) is 17.5. The number of hydrogen-bond acceptors (Lipinski definition) is 7. The number of anilines is 1. The van der Waals surface area contributed by atoms with Gasteiger partial charge in [-0.2, -0.15) is 0 Å². The van der Waals surface area contributed by atoms with E-state index in [4.69, 9.17) is 25.8 Å². The normalized spacial score (nSPS) is 10.5. The van der Waals surface area contributed by atoms with Gasteiger partial charge in [-0.05, 0) is 36.2 Å². The summed E-state index contributed by atoms with van der Waals surface area (Å²) in [4.78, 5) is 32.9. The molecular formula is C26H23ClN4O5. The van der Waals surface area contributed by atoms with Crippen molar-refractivity contribution in [3.63, 3.8) is 0 Å². The summed E-state index contributed by atoms with van der Waals surface area (Å²) in [7, 11) is 3.07. The Labute approximate surface area is 212 Å². The van der Waals surface area contributed by atoms with Crippen LogP contribution in [0.4, 0.5) is 5.69 Å². The summed E-state index contributed by atoms with van der Waals surface area (Å²) in [5.41, 5.74) is 1.86. The lowest BCUT2D eigenvalue weighted by molar-refractivity contribution is -0.136. The quantitative estimate of drug-likeness (QED) is 0.341. The summed E-state index contributed by atoms with van der Waals surface area (Å²) in [6, 6.07) is 16.3. The minimum absolute atomic E-state index is 0.115. The van der Waals surface area contributed by atoms with Crippen molar-refractivity contribution in [1.29, 1.82) is 0 Å². The molecule has 2 heterocycles. The minimum atomic E-state index is -0.823. The van der Waals surface area contributed by atoms with Crippen LogP contribution in [0.3, 0.4) is 0 Å². The third-order valence-corrected chi connectivity index (χ3v) is 5.51. The number of carbonyl (C=O) groups is 2. The average molecular weight is 507 g/mol. The number of rotatable bonds is 8. The molecule has 0 radical (unpaired) electrons. The fourth-order valence-electron chi connectivity index (χ4n) is 3.50. The standard InChI is InChI=1S/C26H23ClN4O5/c1-34-21-9-8-18-20(11-13-28-22(18)23(21)35-2)36-26-19(27)14-17(15-30-26)31-25(33)24(32)29-12-10-16-6-4-3-5-7-16/h3-9,11,13-15H,10,12H2,1-2H3,(H,29,32)(H,31,33). The van der Waals surface area contributed by atoms with Gasteiger partial charge in [0.25, 0.3) is 0 Å². The number of hydrogen-bond donors (Lipinski definition) is 2. The van der Waals surface area contributed by atoms with Gasteiger partial charge in [-0.1, -0.05) is 41.9 Å². The predicted octanol–water partition coefficient (Wildman–Crippen LogP) is 4.39. The SMILES string of the molecule is COc1ccc2c(Oc3ncc(NC(=O)C(=O)NCCc4ccccc4)cc3Cl)ccnc2c1OC. The molecule has 0 aliphatic rings. The van der Waals surface area contributed by atoms with Gasteiger partial charge >= 0.3 is 11.8 Å². The summed E-state index contributed by atoms with van der Waals surface area (Å²) in [5, 5.41) is 5.88. The molecule has 0 unspecified atom stereocenters. The van der Waals surface area contributed by atoms with Crippen LogP contribution in [-0.2, 0) is 16.0 Å². The van der Waals surface area contributed by atoms with Crippen LogP contribution in [0.5, 0.6) is 23.1 Å². The number of aromatic nitrogens is 2. The summed E-state index contributed by atoms with van der Waals surface area (Å²) in [6.45, 7) is 0.332. The van der Waals surface area contributed by atoms with Gasteiger partial charge in [0.05, 0.1) is 26.1 Å². The van der Waals surface area contributed by atoms with E-state index in [-0.39, 0.29) is 16.6 Å². The van der Waals surface area contributed by atoms with Crippen molar-refractivity contribution in [2.45, 2.75) is 6.42 Å². The van der Waals surface area contributed by atoms with E-state index in [1.54, 1.807) is 31.5 Å². The Morgan fingerprint density at radius 2 is 1.75 bits per heavy atom. The van der Waals surface area contributed by atoms with E-state index in [1.807, 2.05) is 30.3 Å². The van der Waals surface area contributed by atoms with Gasteiger partial charge in [-0.3, -0.25) is 14.6 Å². The lowest BCUT2D eigenvalue weighted by atomic mass is 10.1. The molecule has 4 rings (SSSR count). The van der Waals surface area contributed by atoms with E-state index in [2.05, 4.69) is 20.6 Å². The van der Waals surface area contributed by atoms with E-state index < -0.39 is 11.8 Å². The highest BCUT2D eigenvalue weighted by molar-refractivity contribution is 6.39. The molecule has 10 heteroatoms. The second-order valence-electron chi connectivity index (χ2n) is 7.56. The zero-order valence-electron chi connectivity index (χ0n) is 19.6. The van der Waals surface area contributed by atoms with Crippen molar-refractivity contribution in [2.75, 3.05) is 26.1 Å². The predicted molar refractivity (Wildman–Crippen MR) is 136 cm³/mol. The number of nitrogens with zero attached hydrogens (tertiary/aromatic N) is 2. The number of methoxy groups -OCH3 is 2. The Balaban J connectivity index is 1.42. The highest BCUT2D eigenvalue weighted by Crippen LogP contribution is 2.39. The lowest BCUT2D eigenvalue weighted by Crippen LogP contribution is -2.36. The van der Waals surface area contributed by atoms with E-state index in [0.717, 1.165) is 5.56 Å². The molecule has 2 N–H and O–H groups in total. The summed E-state index contributed by atoms with van der Waals surface area (Å²) in [5.74, 6) is -0.00501. The molecule has 0 saturated carbocycles. The molecule has 2 aromatic carbocycles. The first-order valence-electron chi connectivity index (χ1n) is 11.0. The van der Waals surface area contributed by atoms with E-state index >= 15 is 0 Å². The van der Waals surface area contributed by atoms with Crippen molar-refractivity contribution in [3.05, 3.63) is 77.6 Å². The van der Waals surface area contributed by atoms with Crippen LogP contribution in [0.25, 0.3) is 10.9 Å². The van der Waals surface area contributed by atoms with Crippen LogP contribution in [0.2, 0.25) is 5.02 Å². The number of benzene rings is 2. The Bertz CT molecular complexity index is 1400. The fraction of sp³-hybridized carbons (Fsp3) is 0.154. The molecule has 0 fully saturated rings. The highest BCUT2D eigenvalue weighted by atomic mass is 35.5. The number of halogens is 1. The fourth-order valence-corrected chi connectivity index (χ4v) is 3.71. The number of nitrogens with one attached hydrogen (secondary N) is 2. The average Bonchev–Trinajstić information content (AvgIpc) is 2.90. The summed E-state index contributed by atoms with van der Waals surface area (Å²) < 4.78 is 16.7. The first kappa shape index (κ1) is 24.7. The minimum Gasteiger partial charge on any atom is -0.493 e. The van der Waals surface area contributed by atoms with Gasteiger partial charge in [0, 0.05) is 18.1 Å². The van der Waals surface area contributed by atoms with Gasteiger partial charge < -0.3 is 24.8 Å². The van der Waals surface area contributed by atoms with Gasteiger partial charge in [0.1, 0.15) is 16.3 Å². The van der Waals surface area contributed by atoms with E-state index in [0.29, 0.717) is 41.1 Å². The first-order valence-corrected chi connectivity index (χ1v) is 11.3. The maximum atomic E-state index is 12.2. The molecule has 184 valence electrons. The Kier molecular flexibility index (Phi) is 7.82. The van der Waals surface area contributed by atoms with Gasteiger partial charge in [-0.25, -0.2) is 4.98 Å². The topological polar surface area (TPSA) is 112 Å². The molecule has 2 amide bonds. The molecule has 0 spiro atoms. The second-order valence-corrected chi connectivity index (χ2v) is 7.97. The molecule has 36 heavy (non-hydrogen) atoms.